The zero-order valence-electron chi connectivity index (χ0n) is 7.83. The van der Waals surface area contributed by atoms with Gasteiger partial charge >= 0.3 is 107 Å². The molecule has 0 unspecified atom stereocenters. The van der Waals surface area contributed by atoms with Gasteiger partial charge in [-0.2, -0.15) is 0 Å². The zero-order chi connectivity index (χ0) is 12.8. The first-order valence-corrected chi connectivity index (χ1v) is 6.14. The molecule has 2 N–H and O–H groups in total. The standard InChI is InChI=1S/C7H5N3O5S.Ag/c11-7(12)3-1-4-6(9-10-8-4)5(2-3)16(13,14)15;/h1-2H,(H3,8,9,10,11,12,13,14,15);/q;+1/p-1. The Morgan fingerprint density at radius 1 is 1.41 bits per heavy atom. The van der Waals surface area contributed by atoms with E-state index in [4.69, 9.17) is 9.66 Å². The molecule has 0 aliphatic carbocycles. The Morgan fingerprint density at radius 3 is 2.59 bits per heavy atom. The summed E-state index contributed by atoms with van der Waals surface area (Å²) >= 11 is 2.91. The summed E-state index contributed by atoms with van der Waals surface area (Å²) in [5, 5.41) is 15.8. The van der Waals surface area contributed by atoms with Gasteiger partial charge in [0.25, 0.3) is 0 Å². The number of carbonyl (C=O) groups is 1. The van der Waals surface area contributed by atoms with Crippen LogP contribution in [0, 0.1) is 0 Å². The molecular weight excluding hydrogens is 346 g/mol. The number of nitrogens with zero attached hydrogens (tertiary/aromatic N) is 3. The summed E-state index contributed by atoms with van der Waals surface area (Å²) in [6.45, 7) is 0. The minimum atomic E-state index is -4.57. The van der Waals surface area contributed by atoms with Crippen LogP contribution in [-0.4, -0.2) is 37.4 Å². The topological polar surface area (TPSA) is 122 Å². The fourth-order valence-corrected chi connectivity index (χ4v) is 2.51. The first-order chi connectivity index (χ1) is 7.80. The Labute approximate surface area is 107 Å². The normalized spacial score (nSPS) is 11.9. The van der Waals surface area contributed by atoms with Crippen molar-refractivity contribution in [3.63, 3.8) is 0 Å². The second-order valence-electron chi connectivity index (χ2n) is 3.04. The Morgan fingerprint density at radius 2 is 2.06 bits per heavy atom. The van der Waals surface area contributed by atoms with Crippen molar-refractivity contribution < 1.29 is 44.2 Å². The Kier molecular flexibility index (Phi) is 2.79. The summed E-state index contributed by atoms with van der Waals surface area (Å²) in [6, 6.07) is 1.98. The van der Waals surface area contributed by atoms with Crippen LogP contribution in [0.1, 0.15) is 10.4 Å². The van der Waals surface area contributed by atoms with Crippen LogP contribution in [0.25, 0.3) is 11.0 Å². The van der Waals surface area contributed by atoms with Crippen LogP contribution in [-0.2, 0) is 31.4 Å². The third kappa shape index (κ3) is 2.10. The van der Waals surface area contributed by atoms with Crippen LogP contribution in [0.2, 0.25) is 0 Å². The van der Waals surface area contributed by atoms with Gasteiger partial charge in [-0.15, -0.1) is 0 Å². The summed E-state index contributed by atoms with van der Waals surface area (Å²) in [4.78, 5) is 10.2. The van der Waals surface area contributed by atoms with Gasteiger partial charge in [0.15, 0.2) is 0 Å². The van der Waals surface area contributed by atoms with Gasteiger partial charge in [0.1, 0.15) is 0 Å². The van der Waals surface area contributed by atoms with Crippen molar-refractivity contribution in [3.05, 3.63) is 17.7 Å². The molecule has 2 rings (SSSR count). The molecule has 0 aliphatic rings. The first kappa shape index (κ1) is 12.2. The van der Waals surface area contributed by atoms with E-state index in [9.17, 15) is 13.2 Å². The molecular formula is C7H4AgN3O5S. The van der Waals surface area contributed by atoms with Crippen LogP contribution in [0.3, 0.4) is 0 Å². The van der Waals surface area contributed by atoms with Crippen LogP contribution in [0.4, 0.5) is 0 Å². The zero-order valence-corrected chi connectivity index (χ0v) is 10.1. The fraction of sp³-hybridized carbons (Fsp3) is 0. The van der Waals surface area contributed by atoms with Crippen LogP contribution >= 0.6 is 0 Å². The molecule has 1 aromatic carbocycles. The third-order valence-corrected chi connectivity index (χ3v) is 3.30. The molecule has 10 heteroatoms. The number of hydrogen-bond acceptors (Lipinski definition) is 5. The average molecular weight is 350 g/mol. The summed E-state index contributed by atoms with van der Waals surface area (Å²) in [6.07, 6.45) is 0. The molecule has 0 aliphatic heterocycles. The summed E-state index contributed by atoms with van der Waals surface area (Å²) in [7, 11) is -4.57. The van der Waals surface area contributed by atoms with Gasteiger partial charge in [-0.05, 0) is 0 Å². The van der Waals surface area contributed by atoms with E-state index in [1.807, 2.05) is 0 Å². The van der Waals surface area contributed by atoms with Gasteiger partial charge in [0, 0.05) is 0 Å². The van der Waals surface area contributed by atoms with Crippen LogP contribution in [0.15, 0.2) is 17.0 Å². The van der Waals surface area contributed by atoms with E-state index >= 15 is 0 Å². The number of aromatic nitrogens is 3. The van der Waals surface area contributed by atoms with Crippen molar-refractivity contribution in [2.75, 3.05) is 0 Å². The maximum absolute atomic E-state index is 11.1. The van der Waals surface area contributed by atoms with E-state index < -0.39 is 21.0 Å². The van der Waals surface area contributed by atoms with Gasteiger partial charge in [0.05, 0.1) is 0 Å². The van der Waals surface area contributed by atoms with Crippen molar-refractivity contribution >= 4 is 27.1 Å². The number of rotatable bonds is 2. The molecule has 0 amide bonds. The van der Waals surface area contributed by atoms with Crippen LogP contribution in [0.5, 0.6) is 0 Å². The Bertz CT molecular complexity index is 722. The van der Waals surface area contributed by atoms with E-state index in [2.05, 4.69) is 31.6 Å². The molecule has 0 saturated heterocycles. The van der Waals surface area contributed by atoms with E-state index in [1.54, 1.807) is 0 Å². The molecule has 0 atom stereocenters. The molecule has 0 bridgehead atoms. The van der Waals surface area contributed by atoms with E-state index in [1.165, 1.54) is 0 Å². The molecule has 0 radical (unpaired) electrons. The monoisotopic (exact) mass is 349 g/mol. The summed E-state index contributed by atoms with van der Waals surface area (Å²) < 4.78 is 32.3. The van der Waals surface area contributed by atoms with Gasteiger partial charge in [-0.3, -0.25) is 0 Å². The number of benzene rings is 1. The quantitative estimate of drug-likeness (QED) is 0.562. The van der Waals surface area contributed by atoms with Crippen molar-refractivity contribution in [2.45, 2.75) is 4.90 Å². The molecule has 94 valence electrons. The molecule has 1 aromatic heterocycles. The molecule has 1 heterocycles. The van der Waals surface area contributed by atoms with Gasteiger partial charge < -0.3 is 0 Å². The number of carboxylic acid groups (broad SMARTS) is 1. The van der Waals surface area contributed by atoms with Crippen molar-refractivity contribution in [3.8, 4) is 0 Å². The van der Waals surface area contributed by atoms with Crippen molar-refractivity contribution in [2.24, 2.45) is 0 Å². The Balaban J connectivity index is 2.96. The summed E-state index contributed by atoms with van der Waals surface area (Å²) in [5.74, 6) is -1.33. The summed E-state index contributed by atoms with van der Waals surface area (Å²) in [5.41, 5.74) is -0.303. The van der Waals surface area contributed by atoms with Gasteiger partial charge in [-0.25, -0.2) is 0 Å². The predicted molar refractivity (Wildman–Crippen MR) is 49.7 cm³/mol. The molecule has 0 saturated carbocycles. The molecule has 17 heavy (non-hydrogen) atoms. The Hall–Kier alpha value is -1.26. The second kappa shape index (κ2) is 3.89. The first-order valence-electron chi connectivity index (χ1n) is 4.03. The average Bonchev–Trinajstić information content (AvgIpc) is 2.58. The van der Waals surface area contributed by atoms with Crippen molar-refractivity contribution in [1.29, 1.82) is 0 Å². The van der Waals surface area contributed by atoms with Crippen LogP contribution < -0.4 is 0 Å². The molecule has 0 spiro atoms. The van der Waals surface area contributed by atoms with Gasteiger partial charge in [0.2, 0.25) is 0 Å². The minimum absolute atomic E-state index is 0.0312. The number of aromatic carboxylic acids is 1. The van der Waals surface area contributed by atoms with Gasteiger partial charge in [-0.1, -0.05) is 0 Å². The third-order valence-electron chi connectivity index (χ3n) is 1.97. The van der Waals surface area contributed by atoms with E-state index in [-0.39, 0.29) is 16.6 Å². The number of carboxylic acids is 1. The van der Waals surface area contributed by atoms with E-state index in [0.717, 1.165) is 15.2 Å². The number of fused-ring (bicyclic) bond motifs is 1. The van der Waals surface area contributed by atoms with Crippen molar-refractivity contribution in [1.82, 2.24) is 13.4 Å². The fourth-order valence-electron chi connectivity index (χ4n) is 1.29. The maximum atomic E-state index is 11.1. The second-order valence-corrected chi connectivity index (χ2v) is 5.06. The predicted octanol–water partition coefficient (Wildman–Crippen LogP) is -0.314. The molecule has 0 fully saturated rings. The SMILES string of the molecule is O=C(O)c1cc(S(=O)(=O)O)c2c(c1)nn[n]2[Ag]. The molecule has 2 aromatic rings. The van der Waals surface area contributed by atoms with E-state index in [0.29, 0.717) is 0 Å². The molecule has 8 nitrogen and oxygen atoms in total. The number of hydrogen-bond donors (Lipinski definition) is 2.